The summed E-state index contributed by atoms with van der Waals surface area (Å²) in [5.74, 6) is 0. The lowest BCUT2D eigenvalue weighted by Crippen LogP contribution is -2.45. The topological polar surface area (TPSA) is 32.5 Å². The lowest BCUT2D eigenvalue weighted by Gasteiger charge is -2.36. The van der Waals surface area contributed by atoms with Gasteiger partial charge < -0.3 is 10.6 Å². The molecule has 0 spiro atoms. The number of piperazine rings is 1. The van der Waals surface area contributed by atoms with Gasteiger partial charge >= 0.3 is 0 Å². The largest absolute Gasteiger partial charge is 0.399 e. The zero-order valence-electron chi connectivity index (χ0n) is 11.0. The molecular weight excluding hydrogens is 254 g/mol. The van der Waals surface area contributed by atoms with Crippen LogP contribution in [-0.2, 0) is 6.54 Å². The number of benzene rings is 1. The van der Waals surface area contributed by atoms with E-state index in [2.05, 4.69) is 39.4 Å². The number of thiophene rings is 1. The van der Waals surface area contributed by atoms with Crippen LogP contribution in [0.5, 0.6) is 0 Å². The van der Waals surface area contributed by atoms with E-state index in [1.807, 2.05) is 23.5 Å². The molecule has 1 aliphatic heterocycles. The fourth-order valence-corrected chi connectivity index (χ4v) is 3.22. The minimum atomic E-state index is 0.833. The summed E-state index contributed by atoms with van der Waals surface area (Å²) in [7, 11) is 0. The van der Waals surface area contributed by atoms with Gasteiger partial charge in [0.15, 0.2) is 0 Å². The molecule has 1 aromatic heterocycles. The smallest absolute Gasteiger partial charge is 0.0368 e. The van der Waals surface area contributed by atoms with Crippen molar-refractivity contribution >= 4 is 22.7 Å². The van der Waals surface area contributed by atoms with Crippen molar-refractivity contribution in [3.05, 3.63) is 46.7 Å². The number of hydrogen-bond donors (Lipinski definition) is 1. The van der Waals surface area contributed by atoms with Gasteiger partial charge in [0.2, 0.25) is 0 Å². The third-order valence-electron chi connectivity index (χ3n) is 3.59. The highest BCUT2D eigenvalue weighted by molar-refractivity contribution is 7.09. The van der Waals surface area contributed by atoms with E-state index in [4.69, 9.17) is 5.73 Å². The lowest BCUT2D eigenvalue weighted by molar-refractivity contribution is 0.252. The number of nitrogen functional groups attached to an aromatic ring is 1. The van der Waals surface area contributed by atoms with Crippen molar-refractivity contribution in [2.75, 3.05) is 36.8 Å². The molecule has 2 N–H and O–H groups in total. The van der Waals surface area contributed by atoms with E-state index in [1.54, 1.807) is 0 Å². The Morgan fingerprint density at radius 1 is 1.00 bits per heavy atom. The zero-order chi connectivity index (χ0) is 13.1. The lowest BCUT2D eigenvalue weighted by atomic mass is 10.2. The maximum atomic E-state index is 5.73. The summed E-state index contributed by atoms with van der Waals surface area (Å²) < 4.78 is 0. The molecule has 0 radical (unpaired) electrons. The standard InChI is InChI=1S/C15H19N3S/c16-13-3-5-14(6-4-13)18-9-7-17(8-10-18)12-15-2-1-11-19-15/h1-6,11H,7-10,12,16H2. The second-order valence-corrected chi connectivity index (χ2v) is 5.97. The van der Waals surface area contributed by atoms with Crippen molar-refractivity contribution in [2.45, 2.75) is 6.54 Å². The average Bonchev–Trinajstić information content (AvgIpc) is 2.94. The Morgan fingerprint density at radius 2 is 1.74 bits per heavy atom. The van der Waals surface area contributed by atoms with Gasteiger partial charge in [-0.2, -0.15) is 0 Å². The van der Waals surface area contributed by atoms with E-state index in [1.165, 1.54) is 10.6 Å². The Hall–Kier alpha value is -1.52. The molecule has 100 valence electrons. The number of nitrogens with zero attached hydrogens (tertiary/aromatic N) is 2. The van der Waals surface area contributed by atoms with E-state index >= 15 is 0 Å². The van der Waals surface area contributed by atoms with Crippen molar-refractivity contribution in [3.63, 3.8) is 0 Å². The van der Waals surface area contributed by atoms with Gasteiger partial charge in [-0.25, -0.2) is 0 Å². The summed E-state index contributed by atoms with van der Waals surface area (Å²) in [6.07, 6.45) is 0. The van der Waals surface area contributed by atoms with Crippen LogP contribution in [0.2, 0.25) is 0 Å². The summed E-state index contributed by atoms with van der Waals surface area (Å²) in [5.41, 5.74) is 7.84. The van der Waals surface area contributed by atoms with Crippen LogP contribution in [0.4, 0.5) is 11.4 Å². The van der Waals surface area contributed by atoms with Crippen molar-refractivity contribution < 1.29 is 0 Å². The average molecular weight is 273 g/mol. The van der Waals surface area contributed by atoms with Gasteiger partial charge in [0.25, 0.3) is 0 Å². The Balaban J connectivity index is 1.56. The van der Waals surface area contributed by atoms with Gasteiger partial charge in [-0.05, 0) is 35.7 Å². The molecule has 4 heteroatoms. The van der Waals surface area contributed by atoms with Gasteiger partial charge in [-0.15, -0.1) is 11.3 Å². The molecule has 2 aromatic rings. The first-order valence-electron chi connectivity index (χ1n) is 6.66. The zero-order valence-corrected chi connectivity index (χ0v) is 11.8. The maximum Gasteiger partial charge on any atom is 0.0368 e. The molecule has 0 saturated carbocycles. The molecule has 1 saturated heterocycles. The summed E-state index contributed by atoms with van der Waals surface area (Å²) in [6, 6.07) is 12.5. The normalized spacial score (nSPS) is 16.7. The monoisotopic (exact) mass is 273 g/mol. The molecule has 0 amide bonds. The second kappa shape index (κ2) is 5.63. The SMILES string of the molecule is Nc1ccc(N2CCN(Cc3cccs3)CC2)cc1. The van der Waals surface area contributed by atoms with E-state index in [-0.39, 0.29) is 0 Å². The molecule has 0 aliphatic carbocycles. The molecule has 1 fully saturated rings. The van der Waals surface area contributed by atoms with Gasteiger partial charge in [0.05, 0.1) is 0 Å². The Kier molecular flexibility index (Phi) is 3.71. The molecular formula is C15H19N3S. The highest BCUT2D eigenvalue weighted by Crippen LogP contribution is 2.19. The second-order valence-electron chi connectivity index (χ2n) is 4.93. The molecule has 0 bridgehead atoms. The predicted molar refractivity (Wildman–Crippen MR) is 82.7 cm³/mol. The number of anilines is 2. The van der Waals surface area contributed by atoms with Crippen LogP contribution < -0.4 is 10.6 Å². The van der Waals surface area contributed by atoms with Crippen molar-refractivity contribution in [1.29, 1.82) is 0 Å². The van der Waals surface area contributed by atoms with E-state index < -0.39 is 0 Å². The third kappa shape index (κ3) is 3.08. The number of nitrogens with two attached hydrogens (primary N) is 1. The summed E-state index contributed by atoms with van der Waals surface area (Å²) in [6.45, 7) is 5.53. The Labute approximate surface area is 118 Å². The fraction of sp³-hybridized carbons (Fsp3) is 0.333. The molecule has 0 unspecified atom stereocenters. The van der Waals surface area contributed by atoms with E-state index in [9.17, 15) is 0 Å². The molecule has 3 nitrogen and oxygen atoms in total. The first kappa shape index (κ1) is 12.5. The first-order chi connectivity index (χ1) is 9.31. The van der Waals surface area contributed by atoms with Gasteiger partial charge in [-0.1, -0.05) is 6.07 Å². The van der Waals surface area contributed by atoms with E-state index in [0.29, 0.717) is 0 Å². The van der Waals surface area contributed by atoms with Crippen LogP contribution in [0.15, 0.2) is 41.8 Å². The van der Waals surface area contributed by atoms with Crippen LogP contribution in [0, 0.1) is 0 Å². The summed E-state index contributed by atoms with van der Waals surface area (Å²) >= 11 is 1.85. The Bertz CT molecular complexity index is 499. The quantitative estimate of drug-likeness (QED) is 0.873. The van der Waals surface area contributed by atoms with Crippen LogP contribution in [-0.4, -0.2) is 31.1 Å². The van der Waals surface area contributed by atoms with Crippen LogP contribution in [0.25, 0.3) is 0 Å². The highest BCUT2D eigenvalue weighted by Gasteiger charge is 2.17. The molecule has 1 aliphatic rings. The van der Waals surface area contributed by atoms with Crippen LogP contribution >= 0.6 is 11.3 Å². The Morgan fingerprint density at radius 3 is 2.37 bits per heavy atom. The van der Waals surface area contributed by atoms with Crippen molar-refractivity contribution in [3.8, 4) is 0 Å². The molecule has 0 atom stereocenters. The highest BCUT2D eigenvalue weighted by atomic mass is 32.1. The third-order valence-corrected chi connectivity index (χ3v) is 4.45. The number of hydrogen-bond acceptors (Lipinski definition) is 4. The van der Waals surface area contributed by atoms with Gasteiger partial charge in [0.1, 0.15) is 0 Å². The van der Waals surface area contributed by atoms with Crippen LogP contribution in [0.3, 0.4) is 0 Å². The first-order valence-corrected chi connectivity index (χ1v) is 7.54. The summed E-state index contributed by atoms with van der Waals surface area (Å²) in [5, 5.41) is 2.15. The van der Waals surface area contributed by atoms with Crippen LogP contribution in [0.1, 0.15) is 4.88 Å². The maximum absolute atomic E-state index is 5.73. The minimum Gasteiger partial charge on any atom is -0.399 e. The number of rotatable bonds is 3. The molecule has 1 aromatic carbocycles. The fourth-order valence-electron chi connectivity index (χ4n) is 2.47. The van der Waals surface area contributed by atoms with Gasteiger partial charge in [0, 0.05) is 49.0 Å². The summed E-state index contributed by atoms with van der Waals surface area (Å²) in [4.78, 5) is 6.42. The van der Waals surface area contributed by atoms with Crippen molar-refractivity contribution in [2.24, 2.45) is 0 Å². The molecule has 2 heterocycles. The van der Waals surface area contributed by atoms with Gasteiger partial charge in [-0.3, -0.25) is 4.90 Å². The molecule has 19 heavy (non-hydrogen) atoms. The molecule has 3 rings (SSSR count). The predicted octanol–water partition coefficient (Wildman–Crippen LogP) is 2.65. The van der Waals surface area contributed by atoms with Crippen molar-refractivity contribution in [1.82, 2.24) is 4.90 Å². The minimum absolute atomic E-state index is 0.833. The van der Waals surface area contributed by atoms with E-state index in [0.717, 1.165) is 38.4 Å².